The van der Waals surface area contributed by atoms with Crippen LogP contribution < -0.4 is 5.32 Å². The Bertz CT molecular complexity index is 1100. The minimum absolute atomic E-state index is 0.417. The molecule has 138 valence electrons. The fourth-order valence-corrected chi connectivity index (χ4v) is 4.49. The molecule has 1 aromatic carbocycles. The number of fused-ring (bicyclic) bond motifs is 2. The Balaban J connectivity index is 1.71. The van der Waals surface area contributed by atoms with Gasteiger partial charge in [0.25, 0.3) is 0 Å². The molecule has 0 radical (unpaired) electrons. The fourth-order valence-electron chi connectivity index (χ4n) is 4.49. The van der Waals surface area contributed by atoms with Crippen LogP contribution in [0.4, 0.5) is 0 Å². The standard InChI is InChI=1S/C22H25N5/c1-14(2)20-18-12-16(15-7-9-23-10-8-15)5-6-19(18)26-21(20)17-4-3-11-27-22(17)24-13-25-27/h3-6,11-15,23,26H,7-10H2,1-2H3. The van der Waals surface area contributed by atoms with Crippen molar-refractivity contribution < 1.29 is 0 Å². The van der Waals surface area contributed by atoms with Gasteiger partial charge in [0.15, 0.2) is 5.65 Å². The maximum absolute atomic E-state index is 4.48. The number of piperidine rings is 1. The van der Waals surface area contributed by atoms with Crippen LogP contribution in [0.1, 0.15) is 49.7 Å². The van der Waals surface area contributed by atoms with E-state index < -0.39 is 0 Å². The first-order valence-electron chi connectivity index (χ1n) is 9.87. The van der Waals surface area contributed by atoms with Gasteiger partial charge in [0.1, 0.15) is 6.33 Å². The molecule has 1 saturated heterocycles. The number of nitrogens with zero attached hydrogens (tertiary/aromatic N) is 3. The Labute approximate surface area is 158 Å². The summed E-state index contributed by atoms with van der Waals surface area (Å²) in [6.45, 7) is 6.78. The zero-order valence-corrected chi connectivity index (χ0v) is 15.9. The van der Waals surface area contributed by atoms with E-state index in [1.54, 1.807) is 6.33 Å². The Hall–Kier alpha value is -2.66. The van der Waals surface area contributed by atoms with E-state index in [9.17, 15) is 0 Å². The van der Waals surface area contributed by atoms with E-state index in [1.165, 1.54) is 40.6 Å². The summed E-state index contributed by atoms with van der Waals surface area (Å²) in [5.74, 6) is 1.08. The molecule has 0 saturated carbocycles. The fraction of sp³-hybridized carbons (Fsp3) is 0.364. The van der Waals surface area contributed by atoms with Gasteiger partial charge < -0.3 is 10.3 Å². The third-order valence-electron chi connectivity index (χ3n) is 5.82. The summed E-state index contributed by atoms with van der Waals surface area (Å²) in [6.07, 6.45) is 6.00. The maximum atomic E-state index is 4.48. The highest BCUT2D eigenvalue weighted by molar-refractivity contribution is 5.94. The van der Waals surface area contributed by atoms with Crippen LogP contribution in [-0.4, -0.2) is 32.7 Å². The summed E-state index contributed by atoms with van der Waals surface area (Å²) in [5.41, 5.74) is 7.21. The summed E-state index contributed by atoms with van der Waals surface area (Å²) in [6, 6.07) is 11.2. The van der Waals surface area contributed by atoms with E-state index >= 15 is 0 Å². The van der Waals surface area contributed by atoms with Crippen LogP contribution >= 0.6 is 0 Å². The third kappa shape index (κ3) is 2.73. The van der Waals surface area contributed by atoms with Crippen molar-refractivity contribution in [3.05, 3.63) is 54.0 Å². The molecule has 2 N–H and O–H groups in total. The van der Waals surface area contributed by atoms with Crippen LogP contribution in [0.5, 0.6) is 0 Å². The second kappa shape index (κ2) is 6.50. The minimum atomic E-state index is 0.417. The monoisotopic (exact) mass is 359 g/mol. The third-order valence-corrected chi connectivity index (χ3v) is 5.82. The molecule has 5 rings (SSSR count). The molecular weight excluding hydrogens is 334 g/mol. The summed E-state index contributed by atoms with van der Waals surface area (Å²) in [4.78, 5) is 8.16. The van der Waals surface area contributed by atoms with E-state index in [0.717, 1.165) is 24.3 Å². The first-order chi connectivity index (χ1) is 13.2. The van der Waals surface area contributed by atoms with Crippen molar-refractivity contribution in [1.29, 1.82) is 0 Å². The number of H-pyrrole nitrogens is 1. The molecule has 5 nitrogen and oxygen atoms in total. The molecule has 0 atom stereocenters. The van der Waals surface area contributed by atoms with Crippen molar-refractivity contribution in [2.24, 2.45) is 0 Å². The van der Waals surface area contributed by atoms with E-state index in [2.05, 4.69) is 58.5 Å². The zero-order chi connectivity index (χ0) is 18.4. The Morgan fingerprint density at radius 2 is 2.00 bits per heavy atom. The zero-order valence-electron chi connectivity index (χ0n) is 15.9. The van der Waals surface area contributed by atoms with Gasteiger partial charge in [-0.25, -0.2) is 9.50 Å². The molecule has 1 fully saturated rings. The summed E-state index contributed by atoms with van der Waals surface area (Å²) < 4.78 is 1.84. The predicted octanol–water partition coefficient (Wildman–Crippen LogP) is 4.47. The molecule has 3 aromatic heterocycles. The smallest absolute Gasteiger partial charge is 0.164 e. The topological polar surface area (TPSA) is 58.0 Å². The predicted molar refractivity (Wildman–Crippen MR) is 109 cm³/mol. The normalized spacial score (nSPS) is 16.0. The molecular formula is C22H25N5. The van der Waals surface area contributed by atoms with Crippen molar-refractivity contribution in [1.82, 2.24) is 24.9 Å². The molecule has 27 heavy (non-hydrogen) atoms. The van der Waals surface area contributed by atoms with Gasteiger partial charge >= 0.3 is 0 Å². The van der Waals surface area contributed by atoms with Gasteiger partial charge in [-0.15, -0.1) is 0 Å². The second-order valence-corrected chi connectivity index (χ2v) is 7.85. The lowest BCUT2D eigenvalue weighted by Gasteiger charge is -2.23. The van der Waals surface area contributed by atoms with E-state index in [-0.39, 0.29) is 0 Å². The number of rotatable bonds is 3. The van der Waals surface area contributed by atoms with Gasteiger partial charge in [0.2, 0.25) is 0 Å². The van der Waals surface area contributed by atoms with Crippen molar-refractivity contribution in [3.8, 4) is 11.3 Å². The molecule has 0 aliphatic carbocycles. The maximum Gasteiger partial charge on any atom is 0.164 e. The number of pyridine rings is 1. The first-order valence-corrected chi connectivity index (χ1v) is 9.87. The first kappa shape index (κ1) is 16.5. The highest BCUT2D eigenvalue weighted by Gasteiger charge is 2.21. The number of hydrogen-bond acceptors (Lipinski definition) is 3. The highest BCUT2D eigenvalue weighted by atomic mass is 15.3. The number of hydrogen-bond donors (Lipinski definition) is 2. The van der Waals surface area contributed by atoms with Gasteiger partial charge in [-0.3, -0.25) is 0 Å². The average molecular weight is 359 g/mol. The summed E-state index contributed by atoms with van der Waals surface area (Å²) in [7, 11) is 0. The van der Waals surface area contributed by atoms with E-state index in [1.807, 2.05) is 16.8 Å². The van der Waals surface area contributed by atoms with Crippen molar-refractivity contribution >= 4 is 16.6 Å². The van der Waals surface area contributed by atoms with Crippen molar-refractivity contribution in [3.63, 3.8) is 0 Å². The minimum Gasteiger partial charge on any atom is -0.354 e. The molecule has 4 aromatic rings. The van der Waals surface area contributed by atoms with Gasteiger partial charge in [-0.05, 0) is 73.2 Å². The van der Waals surface area contributed by atoms with E-state index in [4.69, 9.17) is 0 Å². The Morgan fingerprint density at radius 1 is 1.15 bits per heavy atom. The molecule has 1 aliphatic heterocycles. The second-order valence-electron chi connectivity index (χ2n) is 7.85. The lowest BCUT2D eigenvalue weighted by Crippen LogP contribution is -2.26. The molecule has 4 heterocycles. The lowest BCUT2D eigenvalue weighted by atomic mass is 9.88. The quantitative estimate of drug-likeness (QED) is 0.567. The number of aromatic nitrogens is 4. The molecule has 0 bridgehead atoms. The molecule has 0 unspecified atom stereocenters. The summed E-state index contributed by atoms with van der Waals surface area (Å²) in [5, 5.41) is 9.11. The van der Waals surface area contributed by atoms with Crippen LogP contribution in [0.15, 0.2) is 42.9 Å². The Morgan fingerprint density at radius 3 is 2.81 bits per heavy atom. The molecule has 0 spiro atoms. The van der Waals surface area contributed by atoms with Crippen LogP contribution in [0.3, 0.4) is 0 Å². The average Bonchev–Trinajstić information content (AvgIpc) is 3.32. The van der Waals surface area contributed by atoms with Crippen LogP contribution in [0.2, 0.25) is 0 Å². The van der Waals surface area contributed by atoms with Gasteiger partial charge in [-0.2, -0.15) is 5.10 Å². The lowest BCUT2D eigenvalue weighted by molar-refractivity contribution is 0.460. The molecule has 1 aliphatic rings. The van der Waals surface area contributed by atoms with Crippen LogP contribution in [0, 0.1) is 0 Å². The summed E-state index contributed by atoms with van der Waals surface area (Å²) >= 11 is 0. The molecule has 5 heteroatoms. The van der Waals surface area contributed by atoms with Gasteiger partial charge in [0, 0.05) is 22.7 Å². The number of nitrogens with one attached hydrogen (secondary N) is 2. The van der Waals surface area contributed by atoms with Crippen LogP contribution in [0.25, 0.3) is 27.8 Å². The van der Waals surface area contributed by atoms with Gasteiger partial charge in [0.05, 0.1) is 5.69 Å². The van der Waals surface area contributed by atoms with Crippen LogP contribution in [-0.2, 0) is 0 Å². The number of aromatic amines is 1. The van der Waals surface area contributed by atoms with Crippen molar-refractivity contribution in [2.75, 3.05) is 13.1 Å². The van der Waals surface area contributed by atoms with Crippen molar-refractivity contribution in [2.45, 2.75) is 38.5 Å². The van der Waals surface area contributed by atoms with Gasteiger partial charge in [-0.1, -0.05) is 19.9 Å². The van der Waals surface area contributed by atoms with E-state index in [0.29, 0.717) is 11.8 Å². The largest absolute Gasteiger partial charge is 0.354 e. The number of benzene rings is 1. The Kier molecular flexibility index (Phi) is 3.97. The SMILES string of the molecule is CC(C)c1c(-c2cccn3ncnc23)[nH]c2ccc(C3CCNCC3)cc12. The highest BCUT2D eigenvalue weighted by Crippen LogP contribution is 2.38. The molecule has 0 amide bonds.